The maximum Gasteiger partial charge on any atom is 0.254 e. The van der Waals surface area contributed by atoms with Crippen molar-refractivity contribution < 1.29 is 13.6 Å². The van der Waals surface area contributed by atoms with Gasteiger partial charge < -0.3 is 13.9 Å². The summed E-state index contributed by atoms with van der Waals surface area (Å²) < 4.78 is 20.7. The fraction of sp³-hybridized carbons (Fsp3) is 0.130. The summed E-state index contributed by atoms with van der Waals surface area (Å²) in [7, 11) is 0. The van der Waals surface area contributed by atoms with E-state index in [1.807, 2.05) is 16.8 Å². The molecule has 0 unspecified atom stereocenters. The summed E-state index contributed by atoms with van der Waals surface area (Å²) in [5.74, 6) is 0.655. The summed E-state index contributed by atoms with van der Waals surface area (Å²) in [6.07, 6.45) is 5.06. The Morgan fingerprint density at radius 1 is 1.10 bits per heavy atom. The molecule has 0 bridgehead atoms. The van der Waals surface area contributed by atoms with Crippen LogP contribution in [0.2, 0.25) is 10.0 Å². The number of carbonyl (C=O) groups is 1. The third kappa shape index (κ3) is 5.16. The van der Waals surface area contributed by atoms with E-state index < -0.39 is 5.82 Å². The van der Waals surface area contributed by atoms with Gasteiger partial charge >= 0.3 is 0 Å². The molecule has 1 amide bonds. The summed E-state index contributed by atoms with van der Waals surface area (Å²) in [5.41, 5.74) is 1.26. The van der Waals surface area contributed by atoms with Crippen LogP contribution < -0.4 is 0 Å². The predicted octanol–water partition coefficient (Wildman–Crippen LogP) is 5.81. The molecule has 2 aromatic carbocycles. The maximum atomic E-state index is 13.3. The third-order valence-corrected chi connectivity index (χ3v) is 5.38. The van der Waals surface area contributed by atoms with Crippen molar-refractivity contribution in [2.24, 2.45) is 0 Å². The molecule has 0 aliphatic rings. The van der Waals surface area contributed by atoms with Gasteiger partial charge in [-0.2, -0.15) is 0 Å². The first-order valence-corrected chi connectivity index (χ1v) is 10.3. The van der Waals surface area contributed by atoms with Crippen LogP contribution in [-0.4, -0.2) is 20.4 Å². The van der Waals surface area contributed by atoms with Crippen LogP contribution in [-0.2, 0) is 19.6 Å². The molecule has 2 aromatic heterocycles. The SMILES string of the molecule is O=C(c1ccc(F)cc1)N(Cc1ccco1)Cc1nccn1Cc1ccc(Cl)cc1Cl. The van der Waals surface area contributed by atoms with Crippen molar-refractivity contribution in [2.45, 2.75) is 19.6 Å². The fourth-order valence-corrected chi connectivity index (χ4v) is 3.67. The Bertz CT molecular complexity index is 1170. The van der Waals surface area contributed by atoms with Crippen molar-refractivity contribution in [3.63, 3.8) is 0 Å². The van der Waals surface area contributed by atoms with Crippen LogP contribution in [0.4, 0.5) is 4.39 Å². The topological polar surface area (TPSA) is 51.3 Å². The zero-order valence-corrected chi connectivity index (χ0v) is 17.9. The molecule has 8 heteroatoms. The second-order valence-electron chi connectivity index (χ2n) is 6.95. The highest BCUT2D eigenvalue weighted by Crippen LogP contribution is 2.23. The number of amides is 1. The van der Waals surface area contributed by atoms with Gasteiger partial charge in [-0.05, 0) is 54.1 Å². The first-order valence-electron chi connectivity index (χ1n) is 9.51. The van der Waals surface area contributed by atoms with Gasteiger partial charge in [-0.3, -0.25) is 4.79 Å². The van der Waals surface area contributed by atoms with E-state index in [1.54, 1.807) is 41.6 Å². The monoisotopic (exact) mass is 457 g/mol. The molecule has 4 rings (SSSR count). The lowest BCUT2D eigenvalue weighted by atomic mass is 10.2. The average Bonchev–Trinajstić information content (AvgIpc) is 3.42. The van der Waals surface area contributed by atoms with Gasteiger partial charge in [0.15, 0.2) is 0 Å². The van der Waals surface area contributed by atoms with Crippen LogP contribution >= 0.6 is 23.2 Å². The van der Waals surface area contributed by atoms with Gasteiger partial charge in [-0.15, -0.1) is 0 Å². The van der Waals surface area contributed by atoms with E-state index in [0.717, 1.165) is 5.56 Å². The van der Waals surface area contributed by atoms with E-state index in [-0.39, 0.29) is 19.0 Å². The highest BCUT2D eigenvalue weighted by atomic mass is 35.5. The van der Waals surface area contributed by atoms with Crippen molar-refractivity contribution in [3.8, 4) is 0 Å². The van der Waals surface area contributed by atoms with Crippen LogP contribution in [0, 0.1) is 5.82 Å². The Morgan fingerprint density at radius 3 is 2.61 bits per heavy atom. The number of aromatic nitrogens is 2. The second kappa shape index (κ2) is 9.37. The van der Waals surface area contributed by atoms with Crippen molar-refractivity contribution >= 4 is 29.1 Å². The number of benzene rings is 2. The minimum atomic E-state index is -0.399. The molecule has 0 aliphatic carbocycles. The summed E-state index contributed by atoms with van der Waals surface area (Å²) in [5, 5.41) is 1.12. The molecular weight excluding hydrogens is 440 g/mol. The van der Waals surface area contributed by atoms with Gasteiger partial charge in [0.25, 0.3) is 5.91 Å². The van der Waals surface area contributed by atoms with Gasteiger partial charge in [0.2, 0.25) is 0 Å². The number of hydrogen-bond acceptors (Lipinski definition) is 3. The van der Waals surface area contributed by atoms with Gasteiger partial charge in [0.1, 0.15) is 17.4 Å². The molecule has 31 heavy (non-hydrogen) atoms. The lowest BCUT2D eigenvalue weighted by molar-refractivity contribution is 0.0711. The van der Waals surface area contributed by atoms with E-state index in [4.69, 9.17) is 27.6 Å². The van der Waals surface area contributed by atoms with Gasteiger partial charge in [-0.1, -0.05) is 29.3 Å². The minimum Gasteiger partial charge on any atom is -0.467 e. The smallest absolute Gasteiger partial charge is 0.254 e. The van der Waals surface area contributed by atoms with Crippen LogP contribution in [0.5, 0.6) is 0 Å². The van der Waals surface area contributed by atoms with E-state index in [0.29, 0.717) is 33.7 Å². The molecule has 0 fully saturated rings. The molecule has 0 N–H and O–H groups in total. The summed E-state index contributed by atoms with van der Waals surface area (Å²) in [6.45, 7) is 0.956. The second-order valence-corrected chi connectivity index (χ2v) is 7.80. The van der Waals surface area contributed by atoms with Crippen molar-refractivity contribution in [1.82, 2.24) is 14.5 Å². The molecule has 5 nitrogen and oxygen atoms in total. The Labute approximate surface area is 188 Å². The Balaban J connectivity index is 1.59. The number of rotatable bonds is 7. The van der Waals surface area contributed by atoms with Crippen molar-refractivity contribution in [2.75, 3.05) is 0 Å². The fourth-order valence-electron chi connectivity index (χ4n) is 3.20. The van der Waals surface area contributed by atoms with Crippen LogP contribution in [0.1, 0.15) is 27.5 Å². The predicted molar refractivity (Wildman–Crippen MR) is 116 cm³/mol. The molecule has 158 valence electrons. The van der Waals surface area contributed by atoms with Crippen LogP contribution in [0.3, 0.4) is 0 Å². The van der Waals surface area contributed by atoms with Gasteiger partial charge in [0.05, 0.1) is 25.9 Å². The highest BCUT2D eigenvalue weighted by Gasteiger charge is 2.20. The van der Waals surface area contributed by atoms with E-state index in [9.17, 15) is 9.18 Å². The molecule has 0 saturated heterocycles. The lowest BCUT2D eigenvalue weighted by Crippen LogP contribution is -2.31. The maximum absolute atomic E-state index is 13.3. The van der Waals surface area contributed by atoms with Crippen LogP contribution in [0.15, 0.2) is 77.7 Å². The van der Waals surface area contributed by atoms with Gasteiger partial charge in [-0.25, -0.2) is 9.37 Å². The Morgan fingerprint density at radius 2 is 1.90 bits per heavy atom. The standard InChI is InChI=1S/C23H18Cl2FN3O2/c24-18-6-3-17(21(25)12-18)13-28-10-9-27-22(28)15-29(14-20-2-1-11-31-20)23(30)16-4-7-19(26)8-5-16/h1-12H,13-15H2. The molecule has 0 atom stereocenters. The van der Waals surface area contributed by atoms with Crippen LogP contribution in [0.25, 0.3) is 0 Å². The molecule has 4 aromatic rings. The summed E-state index contributed by atoms with van der Waals surface area (Å²) >= 11 is 12.3. The molecule has 0 aliphatic heterocycles. The molecule has 2 heterocycles. The van der Waals surface area contributed by atoms with Crippen molar-refractivity contribution in [1.29, 1.82) is 0 Å². The third-order valence-electron chi connectivity index (χ3n) is 4.79. The number of furan rings is 1. The highest BCUT2D eigenvalue weighted by molar-refractivity contribution is 6.35. The molecule has 0 radical (unpaired) electrons. The zero-order valence-electron chi connectivity index (χ0n) is 16.3. The van der Waals surface area contributed by atoms with E-state index in [2.05, 4.69) is 4.98 Å². The number of imidazole rings is 1. The van der Waals surface area contributed by atoms with Crippen molar-refractivity contribution in [3.05, 3.63) is 112 Å². The number of hydrogen-bond donors (Lipinski definition) is 0. The number of nitrogens with zero attached hydrogens (tertiary/aromatic N) is 3. The Hall–Kier alpha value is -3.09. The van der Waals surface area contributed by atoms with E-state index >= 15 is 0 Å². The first-order chi connectivity index (χ1) is 15.0. The minimum absolute atomic E-state index is 0.231. The summed E-state index contributed by atoms with van der Waals surface area (Å²) in [4.78, 5) is 19.2. The average molecular weight is 458 g/mol. The normalized spacial score (nSPS) is 10.9. The lowest BCUT2D eigenvalue weighted by Gasteiger charge is -2.22. The van der Waals surface area contributed by atoms with Gasteiger partial charge in [0, 0.05) is 28.0 Å². The summed E-state index contributed by atoms with van der Waals surface area (Å²) in [6, 6.07) is 14.4. The molecule has 0 spiro atoms. The number of halogens is 3. The van der Waals surface area contributed by atoms with E-state index in [1.165, 1.54) is 24.3 Å². The Kier molecular flexibility index (Phi) is 6.39. The quantitative estimate of drug-likeness (QED) is 0.351. The number of carbonyl (C=O) groups excluding carboxylic acids is 1. The first kappa shape index (κ1) is 21.2. The zero-order chi connectivity index (χ0) is 21.8. The largest absolute Gasteiger partial charge is 0.467 e. The molecular formula is C23H18Cl2FN3O2. The molecule has 0 saturated carbocycles.